The van der Waals surface area contributed by atoms with E-state index in [2.05, 4.69) is 201 Å². The van der Waals surface area contributed by atoms with Gasteiger partial charge in [0.2, 0.25) is 0 Å². The molecule has 0 N–H and O–H groups in total. The lowest BCUT2D eigenvalue weighted by molar-refractivity contribution is 0.332. The standard InChI is InChI=1S/C53H55BN2S/c1-12-38(22-19-35(4)51(5,6)7)56-46-29-34(3)28-45-48(46)54(50-49(56)40-25-18-33(2)30-47(40)57-50)43-31-41-42(53(10,11)27-26-52(41,8)9)32-44(43)55(45)39-23-20-37(21-24-39)36-16-14-13-15-17-36/h12-25,28-32H,1,26-27H2,2-11H3/b35-19+,38-22+. The van der Waals surface area contributed by atoms with Gasteiger partial charge in [0.1, 0.15) is 0 Å². The van der Waals surface area contributed by atoms with Gasteiger partial charge >= 0.3 is 0 Å². The molecule has 1 aliphatic carbocycles. The summed E-state index contributed by atoms with van der Waals surface area (Å²) >= 11 is 1.98. The van der Waals surface area contributed by atoms with E-state index in [4.69, 9.17) is 0 Å². The Balaban J connectivity index is 1.38. The molecule has 0 atom stereocenters. The molecule has 0 saturated heterocycles. The fourth-order valence-electron chi connectivity index (χ4n) is 9.46. The SMILES string of the molecule is C=C/C(=C\C=C(/C)C(C)(C)C)N1c2cc(C)cc3c2B(c2cc4c(cc2N3c2ccc(-c3ccccc3)cc2)C(C)(C)CCC4(C)C)c2sc3cc(C)ccc3c21. The van der Waals surface area contributed by atoms with Crippen molar-refractivity contribution < 1.29 is 0 Å². The molecule has 0 saturated carbocycles. The average molecular weight is 763 g/mol. The second-order valence-electron chi connectivity index (χ2n) is 19.2. The number of thiophene rings is 1. The lowest BCUT2D eigenvalue weighted by atomic mass is 9.35. The molecule has 2 aliphatic heterocycles. The number of fused-ring (bicyclic) bond motifs is 7. The largest absolute Gasteiger partial charge is 0.311 e. The van der Waals surface area contributed by atoms with Crippen LogP contribution in [-0.2, 0) is 10.8 Å². The van der Waals surface area contributed by atoms with E-state index in [1.165, 1.54) is 106 Å². The van der Waals surface area contributed by atoms with E-state index in [0.717, 1.165) is 5.70 Å². The summed E-state index contributed by atoms with van der Waals surface area (Å²) in [6.45, 7) is 28.0. The predicted octanol–water partition coefficient (Wildman–Crippen LogP) is 13.3. The summed E-state index contributed by atoms with van der Waals surface area (Å²) in [4.78, 5) is 5.13. The lowest BCUT2D eigenvalue weighted by Gasteiger charge is -2.47. The third kappa shape index (κ3) is 6.06. The van der Waals surface area contributed by atoms with Crippen LogP contribution in [0.1, 0.15) is 90.5 Å². The quantitative estimate of drug-likeness (QED) is 0.127. The van der Waals surface area contributed by atoms with Crippen molar-refractivity contribution in [1.82, 2.24) is 0 Å². The van der Waals surface area contributed by atoms with Crippen molar-refractivity contribution in [2.24, 2.45) is 5.41 Å². The van der Waals surface area contributed by atoms with E-state index in [1.54, 1.807) is 0 Å². The van der Waals surface area contributed by atoms with Crippen LogP contribution in [0.5, 0.6) is 0 Å². The molecule has 3 aliphatic rings. The molecule has 286 valence electrons. The number of hydrogen-bond acceptors (Lipinski definition) is 3. The minimum atomic E-state index is 0.0673. The Labute approximate surface area is 345 Å². The highest BCUT2D eigenvalue weighted by Crippen LogP contribution is 2.51. The van der Waals surface area contributed by atoms with Gasteiger partial charge in [-0.1, -0.05) is 127 Å². The molecule has 2 nitrogen and oxygen atoms in total. The summed E-state index contributed by atoms with van der Waals surface area (Å²) in [6, 6.07) is 37.1. The Morgan fingerprint density at radius 2 is 1.39 bits per heavy atom. The number of aryl methyl sites for hydroxylation is 2. The summed E-state index contributed by atoms with van der Waals surface area (Å²) < 4.78 is 2.74. The Bertz CT molecular complexity index is 2660. The van der Waals surface area contributed by atoms with Gasteiger partial charge in [-0.05, 0) is 143 Å². The molecule has 0 bridgehead atoms. The second-order valence-corrected chi connectivity index (χ2v) is 20.3. The van der Waals surface area contributed by atoms with Crippen LogP contribution in [0.2, 0.25) is 0 Å². The third-order valence-electron chi connectivity index (χ3n) is 13.3. The van der Waals surface area contributed by atoms with Gasteiger partial charge in [0, 0.05) is 43.3 Å². The number of hydrogen-bond donors (Lipinski definition) is 0. The first kappa shape index (κ1) is 37.5. The molecule has 5 aromatic carbocycles. The predicted molar refractivity (Wildman–Crippen MR) is 251 cm³/mol. The Kier molecular flexibility index (Phi) is 8.72. The molecular formula is C53H55BN2S. The smallest absolute Gasteiger partial charge is 0.264 e. The van der Waals surface area contributed by atoms with Crippen molar-refractivity contribution in [3.63, 3.8) is 0 Å². The maximum atomic E-state index is 4.46. The van der Waals surface area contributed by atoms with E-state index >= 15 is 0 Å². The Morgan fingerprint density at radius 3 is 2.05 bits per heavy atom. The molecule has 0 amide bonds. The molecule has 4 heteroatoms. The summed E-state index contributed by atoms with van der Waals surface area (Å²) in [5.41, 5.74) is 19.7. The van der Waals surface area contributed by atoms with Crippen molar-refractivity contribution in [3.05, 3.63) is 155 Å². The Hall–Kier alpha value is -5.06. The van der Waals surface area contributed by atoms with Gasteiger partial charge in [-0.25, -0.2) is 0 Å². The first-order valence-electron chi connectivity index (χ1n) is 20.7. The van der Waals surface area contributed by atoms with Crippen LogP contribution in [0, 0.1) is 19.3 Å². The number of rotatable bonds is 5. The fraction of sp³-hybridized carbons (Fsp3) is 0.283. The van der Waals surface area contributed by atoms with Crippen LogP contribution in [0.15, 0.2) is 133 Å². The zero-order valence-electron chi connectivity index (χ0n) is 35.5. The van der Waals surface area contributed by atoms with Gasteiger partial charge in [0.25, 0.3) is 6.71 Å². The van der Waals surface area contributed by atoms with Crippen molar-refractivity contribution in [3.8, 4) is 11.1 Å². The van der Waals surface area contributed by atoms with E-state index in [1.807, 2.05) is 11.3 Å². The van der Waals surface area contributed by atoms with Crippen LogP contribution < -0.4 is 25.5 Å². The van der Waals surface area contributed by atoms with Crippen LogP contribution in [0.3, 0.4) is 0 Å². The number of nitrogens with zero attached hydrogens (tertiary/aromatic N) is 2. The number of anilines is 5. The highest BCUT2D eigenvalue weighted by Gasteiger charge is 2.47. The molecule has 0 fully saturated rings. The monoisotopic (exact) mass is 762 g/mol. The molecule has 3 heterocycles. The Morgan fingerprint density at radius 1 is 0.737 bits per heavy atom. The minimum Gasteiger partial charge on any atom is -0.311 e. The van der Waals surface area contributed by atoms with E-state index < -0.39 is 0 Å². The second kappa shape index (κ2) is 13.2. The van der Waals surface area contributed by atoms with E-state index in [0.29, 0.717) is 0 Å². The molecule has 9 rings (SSSR count). The van der Waals surface area contributed by atoms with Crippen molar-refractivity contribution in [2.75, 3.05) is 9.80 Å². The molecule has 57 heavy (non-hydrogen) atoms. The van der Waals surface area contributed by atoms with Gasteiger partial charge < -0.3 is 9.80 Å². The maximum absolute atomic E-state index is 4.46. The van der Waals surface area contributed by atoms with E-state index in [9.17, 15) is 0 Å². The van der Waals surface area contributed by atoms with Gasteiger partial charge in [-0.2, -0.15) is 0 Å². The van der Waals surface area contributed by atoms with Crippen molar-refractivity contribution in [1.29, 1.82) is 0 Å². The first-order chi connectivity index (χ1) is 27.1. The van der Waals surface area contributed by atoms with Gasteiger partial charge in [-0.15, -0.1) is 11.3 Å². The van der Waals surface area contributed by atoms with Crippen molar-refractivity contribution in [2.45, 2.75) is 92.9 Å². The number of allylic oxidation sites excluding steroid dienone is 4. The molecule has 0 spiro atoms. The molecule has 0 unspecified atom stereocenters. The lowest BCUT2D eigenvalue weighted by Crippen LogP contribution is -2.61. The highest BCUT2D eigenvalue weighted by atomic mass is 32.1. The van der Waals surface area contributed by atoms with Crippen LogP contribution in [0.25, 0.3) is 21.2 Å². The topological polar surface area (TPSA) is 6.48 Å². The highest BCUT2D eigenvalue weighted by molar-refractivity contribution is 7.33. The zero-order valence-corrected chi connectivity index (χ0v) is 36.3. The average Bonchev–Trinajstić information content (AvgIpc) is 3.55. The molecule has 0 radical (unpaired) electrons. The third-order valence-corrected chi connectivity index (χ3v) is 14.5. The van der Waals surface area contributed by atoms with Crippen LogP contribution in [0.4, 0.5) is 28.4 Å². The summed E-state index contributed by atoms with van der Waals surface area (Å²) in [5, 5.41) is 1.30. The summed E-state index contributed by atoms with van der Waals surface area (Å²) in [5.74, 6) is 0. The molecule has 1 aromatic heterocycles. The van der Waals surface area contributed by atoms with Crippen LogP contribution in [-0.4, -0.2) is 6.71 Å². The molecule has 6 aromatic rings. The van der Waals surface area contributed by atoms with Crippen molar-refractivity contribution >= 4 is 72.3 Å². The minimum absolute atomic E-state index is 0.0673. The van der Waals surface area contributed by atoms with Crippen LogP contribution >= 0.6 is 11.3 Å². The van der Waals surface area contributed by atoms with Gasteiger partial charge in [0.15, 0.2) is 0 Å². The molecular weight excluding hydrogens is 707 g/mol. The van der Waals surface area contributed by atoms with Gasteiger partial charge in [0.05, 0.1) is 5.69 Å². The fourth-order valence-corrected chi connectivity index (χ4v) is 10.9. The van der Waals surface area contributed by atoms with Gasteiger partial charge in [-0.3, -0.25) is 0 Å². The summed E-state index contributed by atoms with van der Waals surface area (Å²) in [6.07, 6.45) is 9.01. The first-order valence-corrected chi connectivity index (χ1v) is 21.5. The maximum Gasteiger partial charge on any atom is 0.264 e. The zero-order chi connectivity index (χ0) is 40.2. The normalized spacial score (nSPS) is 16.9. The summed E-state index contributed by atoms with van der Waals surface area (Å²) in [7, 11) is 0. The number of benzene rings is 5. The van der Waals surface area contributed by atoms with E-state index in [-0.39, 0.29) is 23.0 Å².